The van der Waals surface area contributed by atoms with Crippen molar-refractivity contribution in [2.24, 2.45) is 7.05 Å². The number of aromatic nitrogens is 1. The first kappa shape index (κ1) is 13.3. The van der Waals surface area contributed by atoms with E-state index in [-0.39, 0.29) is 17.5 Å². The maximum Gasteiger partial charge on any atom is 0.272 e. The fourth-order valence-corrected chi connectivity index (χ4v) is 2.27. The molecular weight excluding hydrogens is 274 g/mol. The van der Waals surface area contributed by atoms with Crippen molar-refractivity contribution in [3.8, 4) is 0 Å². The summed E-state index contributed by atoms with van der Waals surface area (Å²) in [5, 5.41) is 3.05. The predicted molar refractivity (Wildman–Crippen MR) is 77.2 cm³/mol. The lowest BCUT2D eigenvalue weighted by Crippen LogP contribution is -2.15. The van der Waals surface area contributed by atoms with E-state index in [0.29, 0.717) is 22.3 Å². The van der Waals surface area contributed by atoms with Crippen molar-refractivity contribution in [2.75, 3.05) is 5.32 Å². The standard InChI is InChI=1S/C16H12F2N2O/c1-20-14-4-2-3-13(18)12(14)9-15(20)16(21)19-11-7-5-10(17)6-8-11/h2-9H,1H3,(H,19,21). The Kier molecular flexibility index (Phi) is 3.17. The van der Waals surface area contributed by atoms with Crippen LogP contribution in [0.1, 0.15) is 10.5 Å². The lowest BCUT2D eigenvalue weighted by molar-refractivity contribution is 0.101. The van der Waals surface area contributed by atoms with E-state index in [0.717, 1.165) is 0 Å². The summed E-state index contributed by atoms with van der Waals surface area (Å²) in [6, 6.07) is 11.7. The van der Waals surface area contributed by atoms with Gasteiger partial charge in [0.2, 0.25) is 0 Å². The summed E-state index contributed by atoms with van der Waals surface area (Å²) >= 11 is 0. The third-order valence-corrected chi connectivity index (χ3v) is 3.37. The summed E-state index contributed by atoms with van der Waals surface area (Å²) in [5.74, 6) is -1.12. The van der Waals surface area contributed by atoms with Crippen molar-refractivity contribution >= 4 is 22.5 Å². The van der Waals surface area contributed by atoms with E-state index in [1.807, 2.05) is 0 Å². The van der Waals surface area contributed by atoms with Gasteiger partial charge in [-0.2, -0.15) is 0 Å². The first-order chi connectivity index (χ1) is 10.1. The summed E-state index contributed by atoms with van der Waals surface area (Å²) in [4.78, 5) is 12.3. The SMILES string of the molecule is Cn1c(C(=O)Nc2ccc(F)cc2)cc2c(F)cccc21. The van der Waals surface area contributed by atoms with Gasteiger partial charge in [-0.05, 0) is 42.5 Å². The molecule has 0 bridgehead atoms. The number of carbonyl (C=O) groups excluding carboxylic acids is 1. The zero-order chi connectivity index (χ0) is 15.0. The van der Waals surface area contributed by atoms with Crippen molar-refractivity contribution in [3.63, 3.8) is 0 Å². The van der Waals surface area contributed by atoms with Crippen LogP contribution in [0.2, 0.25) is 0 Å². The van der Waals surface area contributed by atoms with Crippen LogP contribution in [0.5, 0.6) is 0 Å². The van der Waals surface area contributed by atoms with Gasteiger partial charge in [0.1, 0.15) is 17.3 Å². The van der Waals surface area contributed by atoms with Crippen LogP contribution in [0.15, 0.2) is 48.5 Å². The number of hydrogen-bond acceptors (Lipinski definition) is 1. The van der Waals surface area contributed by atoms with Crippen LogP contribution in [0.4, 0.5) is 14.5 Å². The summed E-state index contributed by atoms with van der Waals surface area (Å²) in [5.41, 5.74) is 1.45. The second-order valence-corrected chi connectivity index (χ2v) is 4.72. The molecule has 106 valence electrons. The van der Waals surface area contributed by atoms with Gasteiger partial charge >= 0.3 is 0 Å². The molecular formula is C16H12F2N2O. The number of fused-ring (bicyclic) bond motifs is 1. The topological polar surface area (TPSA) is 34.0 Å². The van der Waals surface area contributed by atoms with Crippen LogP contribution < -0.4 is 5.32 Å². The highest BCUT2D eigenvalue weighted by molar-refractivity contribution is 6.06. The molecule has 0 atom stereocenters. The quantitative estimate of drug-likeness (QED) is 0.765. The number of amides is 1. The molecule has 0 spiro atoms. The Morgan fingerprint density at radius 2 is 1.81 bits per heavy atom. The number of halogens is 2. The Balaban J connectivity index is 1.96. The highest BCUT2D eigenvalue weighted by Gasteiger charge is 2.15. The maximum absolute atomic E-state index is 13.7. The molecule has 0 aliphatic rings. The number of nitrogens with one attached hydrogen (secondary N) is 1. The summed E-state index contributed by atoms with van der Waals surface area (Å²) in [6.45, 7) is 0. The monoisotopic (exact) mass is 286 g/mol. The van der Waals surface area contributed by atoms with Crippen molar-refractivity contribution < 1.29 is 13.6 Å². The second-order valence-electron chi connectivity index (χ2n) is 4.72. The number of rotatable bonds is 2. The third kappa shape index (κ3) is 2.38. The Morgan fingerprint density at radius 1 is 1.10 bits per heavy atom. The highest BCUT2D eigenvalue weighted by Crippen LogP contribution is 2.22. The van der Waals surface area contributed by atoms with Crippen molar-refractivity contribution in [1.29, 1.82) is 0 Å². The van der Waals surface area contributed by atoms with Gasteiger partial charge < -0.3 is 9.88 Å². The molecule has 3 rings (SSSR count). The molecule has 3 nitrogen and oxygen atoms in total. The zero-order valence-electron chi connectivity index (χ0n) is 11.2. The van der Waals surface area contributed by atoms with E-state index >= 15 is 0 Å². The van der Waals surface area contributed by atoms with E-state index in [2.05, 4.69) is 5.32 Å². The molecule has 0 radical (unpaired) electrons. The number of nitrogens with zero attached hydrogens (tertiary/aromatic N) is 1. The molecule has 2 aromatic carbocycles. The molecule has 1 heterocycles. The van der Waals surface area contributed by atoms with E-state index in [9.17, 15) is 13.6 Å². The minimum atomic E-state index is -0.375. The molecule has 3 aromatic rings. The van der Waals surface area contributed by atoms with Crippen molar-refractivity contribution in [1.82, 2.24) is 4.57 Å². The molecule has 0 unspecified atom stereocenters. The molecule has 21 heavy (non-hydrogen) atoms. The molecule has 0 saturated carbocycles. The largest absolute Gasteiger partial charge is 0.340 e. The van der Waals surface area contributed by atoms with Gasteiger partial charge in [-0.25, -0.2) is 8.78 Å². The Bertz CT molecular complexity index is 822. The lowest BCUT2D eigenvalue weighted by atomic mass is 10.2. The number of hydrogen-bond donors (Lipinski definition) is 1. The van der Waals surface area contributed by atoms with Crippen LogP contribution in [0.25, 0.3) is 10.9 Å². The van der Waals surface area contributed by atoms with Crippen LogP contribution in [0, 0.1) is 11.6 Å². The first-order valence-electron chi connectivity index (χ1n) is 6.37. The minimum absolute atomic E-state index is 0.333. The third-order valence-electron chi connectivity index (χ3n) is 3.37. The molecule has 0 fully saturated rings. The first-order valence-corrected chi connectivity index (χ1v) is 6.37. The van der Waals surface area contributed by atoms with Crippen molar-refractivity contribution in [3.05, 3.63) is 65.9 Å². The lowest BCUT2D eigenvalue weighted by Gasteiger charge is -2.06. The van der Waals surface area contributed by atoms with Gasteiger partial charge in [-0.1, -0.05) is 6.07 Å². The normalized spacial score (nSPS) is 10.8. The molecule has 1 N–H and O–H groups in total. The minimum Gasteiger partial charge on any atom is -0.340 e. The number of anilines is 1. The highest BCUT2D eigenvalue weighted by atomic mass is 19.1. The Morgan fingerprint density at radius 3 is 2.48 bits per heavy atom. The van der Waals surface area contributed by atoms with Gasteiger partial charge in [0.05, 0.1) is 5.52 Å². The van der Waals surface area contributed by atoms with E-state index < -0.39 is 0 Å². The zero-order valence-corrected chi connectivity index (χ0v) is 11.2. The van der Waals surface area contributed by atoms with Gasteiger partial charge in [0.15, 0.2) is 0 Å². The number of benzene rings is 2. The molecule has 0 saturated heterocycles. The van der Waals surface area contributed by atoms with Crippen LogP contribution in [-0.4, -0.2) is 10.5 Å². The van der Waals surface area contributed by atoms with Crippen LogP contribution >= 0.6 is 0 Å². The molecule has 0 aliphatic heterocycles. The van der Waals surface area contributed by atoms with Gasteiger partial charge in [0.25, 0.3) is 5.91 Å². The summed E-state index contributed by atoms with van der Waals surface area (Å²) < 4.78 is 28.2. The molecule has 1 amide bonds. The summed E-state index contributed by atoms with van der Waals surface area (Å²) in [7, 11) is 1.70. The van der Waals surface area contributed by atoms with Gasteiger partial charge in [0, 0.05) is 18.1 Å². The van der Waals surface area contributed by atoms with E-state index in [1.54, 1.807) is 23.7 Å². The van der Waals surface area contributed by atoms with Crippen LogP contribution in [0.3, 0.4) is 0 Å². The Labute approximate surface area is 119 Å². The second kappa shape index (κ2) is 5.01. The van der Waals surface area contributed by atoms with Gasteiger partial charge in [-0.3, -0.25) is 4.79 Å². The average molecular weight is 286 g/mol. The summed E-state index contributed by atoms with van der Waals surface area (Å²) in [6.07, 6.45) is 0. The number of aryl methyl sites for hydroxylation is 1. The smallest absolute Gasteiger partial charge is 0.272 e. The fraction of sp³-hybridized carbons (Fsp3) is 0.0625. The number of carbonyl (C=O) groups is 1. The van der Waals surface area contributed by atoms with Gasteiger partial charge in [-0.15, -0.1) is 0 Å². The maximum atomic E-state index is 13.7. The Hall–Kier alpha value is -2.69. The molecule has 1 aromatic heterocycles. The van der Waals surface area contributed by atoms with E-state index in [1.165, 1.54) is 36.4 Å². The van der Waals surface area contributed by atoms with Crippen molar-refractivity contribution in [2.45, 2.75) is 0 Å². The van der Waals surface area contributed by atoms with E-state index in [4.69, 9.17) is 0 Å². The predicted octanol–water partition coefficient (Wildman–Crippen LogP) is 3.71. The molecule has 5 heteroatoms. The fourth-order valence-electron chi connectivity index (χ4n) is 2.27. The average Bonchev–Trinajstić information content (AvgIpc) is 2.81. The van der Waals surface area contributed by atoms with Crippen LogP contribution in [-0.2, 0) is 7.05 Å². The molecule has 0 aliphatic carbocycles.